The first-order chi connectivity index (χ1) is 6.73. The van der Waals surface area contributed by atoms with Crippen molar-refractivity contribution in [2.45, 2.75) is 44.6 Å². The van der Waals surface area contributed by atoms with Gasteiger partial charge in [-0.1, -0.05) is 6.08 Å². The van der Waals surface area contributed by atoms with Gasteiger partial charge >= 0.3 is 0 Å². The van der Waals surface area contributed by atoms with Crippen LogP contribution in [-0.2, 0) is 0 Å². The van der Waals surface area contributed by atoms with Crippen molar-refractivity contribution >= 4 is 0 Å². The van der Waals surface area contributed by atoms with Gasteiger partial charge in [0.15, 0.2) is 0 Å². The number of hydrogen-bond donors (Lipinski definition) is 1. The second-order valence-corrected chi connectivity index (χ2v) is 5.99. The molecule has 4 aliphatic carbocycles. The van der Waals surface area contributed by atoms with E-state index >= 15 is 0 Å². The highest BCUT2D eigenvalue weighted by Crippen LogP contribution is 2.60. The van der Waals surface area contributed by atoms with Crippen LogP contribution in [0.4, 0.5) is 0 Å². The molecule has 0 aromatic rings. The Labute approximate surface area is 86.8 Å². The highest BCUT2D eigenvalue weighted by Gasteiger charge is 2.54. The molecule has 4 fully saturated rings. The standard InChI is InChI=1S/C13H21N/c1-2-3-13-7-9-4-10(8-13)6-11(5-9)12(13)14/h2,9-12H,1,3-8,14H2. The van der Waals surface area contributed by atoms with Crippen LogP contribution >= 0.6 is 0 Å². The Hall–Kier alpha value is -0.300. The van der Waals surface area contributed by atoms with Gasteiger partial charge < -0.3 is 5.73 Å². The summed E-state index contributed by atoms with van der Waals surface area (Å²) in [6.07, 6.45) is 10.4. The number of allylic oxidation sites excluding steroid dienone is 1. The van der Waals surface area contributed by atoms with Gasteiger partial charge in [0, 0.05) is 6.04 Å². The van der Waals surface area contributed by atoms with E-state index in [-0.39, 0.29) is 0 Å². The van der Waals surface area contributed by atoms with E-state index in [9.17, 15) is 0 Å². The maximum absolute atomic E-state index is 6.44. The SMILES string of the molecule is C=CCC12CC3CC(CC(C3)C1N)C2. The van der Waals surface area contributed by atoms with E-state index in [2.05, 4.69) is 12.7 Å². The summed E-state index contributed by atoms with van der Waals surface area (Å²) >= 11 is 0. The summed E-state index contributed by atoms with van der Waals surface area (Å²) in [4.78, 5) is 0. The minimum absolute atomic E-state index is 0.469. The Kier molecular flexibility index (Phi) is 1.82. The van der Waals surface area contributed by atoms with Crippen molar-refractivity contribution in [1.82, 2.24) is 0 Å². The highest BCUT2D eigenvalue weighted by molar-refractivity contribution is 5.09. The lowest BCUT2D eigenvalue weighted by atomic mass is 9.47. The normalized spacial score (nSPS) is 54.9. The molecule has 0 radical (unpaired) electrons. The van der Waals surface area contributed by atoms with E-state index in [1.54, 1.807) is 0 Å². The van der Waals surface area contributed by atoms with Crippen LogP contribution < -0.4 is 5.73 Å². The molecule has 0 aliphatic heterocycles. The molecule has 4 saturated carbocycles. The first-order valence-electron chi connectivity index (χ1n) is 6.10. The molecule has 1 nitrogen and oxygen atoms in total. The molecular formula is C13H21N. The molecule has 3 unspecified atom stereocenters. The molecule has 0 aromatic heterocycles. The summed E-state index contributed by atoms with van der Waals surface area (Å²) in [6, 6.07) is 0.480. The van der Waals surface area contributed by atoms with Gasteiger partial charge in [-0.15, -0.1) is 6.58 Å². The van der Waals surface area contributed by atoms with Gasteiger partial charge in [0.25, 0.3) is 0 Å². The zero-order chi connectivity index (χ0) is 9.76. The van der Waals surface area contributed by atoms with Crippen molar-refractivity contribution in [1.29, 1.82) is 0 Å². The molecule has 3 atom stereocenters. The molecule has 4 bridgehead atoms. The van der Waals surface area contributed by atoms with E-state index in [0.717, 1.165) is 24.2 Å². The van der Waals surface area contributed by atoms with Crippen LogP contribution in [0.5, 0.6) is 0 Å². The Morgan fingerprint density at radius 2 is 1.86 bits per heavy atom. The fraction of sp³-hybridized carbons (Fsp3) is 0.846. The van der Waals surface area contributed by atoms with Gasteiger partial charge in [-0.3, -0.25) is 0 Å². The highest BCUT2D eigenvalue weighted by atomic mass is 14.8. The van der Waals surface area contributed by atoms with Crippen molar-refractivity contribution in [2.75, 3.05) is 0 Å². The lowest BCUT2D eigenvalue weighted by Gasteiger charge is -2.60. The Bertz CT molecular complexity index is 244. The molecule has 0 spiro atoms. The minimum atomic E-state index is 0.469. The van der Waals surface area contributed by atoms with Gasteiger partial charge in [0.05, 0.1) is 0 Å². The van der Waals surface area contributed by atoms with Gasteiger partial charge in [-0.25, -0.2) is 0 Å². The second kappa shape index (κ2) is 2.85. The average Bonchev–Trinajstić information content (AvgIpc) is 2.13. The maximum atomic E-state index is 6.44. The van der Waals surface area contributed by atoms with Crippen LogP contribution in [0, 0.1) is 23.2 Å². The quantitative estimate of drug-likeness (QED) is 0.667. The van der Waals surface area contributed by atoms with Crippen molar-refractivity contribution in [3.8, 4) is 0 Å². The fourth-order valence-electron chi connectivity index (χ4n) is 4.84. The van der Waals surface area contributed by atoms with E-state index in [4.69, 9.17) is 5.73 Å². The summed E-state index contributed by atoms with van der Waals surface area (Å²) < 4.78 is 0. The summed E-state index contributed by atoms with van der Waals surface area (Å²) in [6.45, 7) is 3.92. The Balaban J connectivity index is 1.93. The third kappa shape index (κ3) is 1.05. The summed E-state index contributed by atoms with van der Waals surface area (Å²) in [5.41, 5.74) is 6.91. The van der Waals surface area contributed by atoms with Gasteiger partial charge in [0.1, 0.15) is 0 Å². The lowest BCUT2D eigenvalue weighted by molar-refractivity contribution is -0.0699. The molecule has 0 heterocycles. The molecule has 4 rings (SSSR count). The summed E-state index contributed by atoms with van der Waals surface area (Å²) in [7, 11) is 0. The first kappa shape index (κ1) is 8.96. The predicted octanol–water partition coefficient (Wildman–Crippen LogP) is 2.72. The van der Waals surface area contributed by atoms with Crippen molar-refractivity contribution in [3.05, 3.63) is 12.7 Å². The fourth-order valence-corrected chi connectivity index (χ4v) is 4.84. The smallest absolute Gasteiger partial charge is 0.0127 e. The third-order valence-electron chi connectivity index (χ3n) is 5.10. The van der Waals surface area contributed by atoms with Crippen LogP contribution in [0.25, 0.3) is 0 Å². The lowest BCUT2D eigenvalue weighted by Crippen LogP contribution is -2.59. The average molecular weight is 191 g/mol. The van der Waals surface area contributed by atoms with E-state index in [1.165, 1.54) is 32.1 Å². The largest absolute Gasteiger partial charge is 0.327 e. The maximum Gasteiger partial charge on any atom is 0.0127 e. The Morgan fingerprint density at radius 3 is 2.43 bits per heavy atom. The van der Waals surface area contributed by atoms with E-state index in [0.29, 0.717) is 11.5 Å². The second-order valence-electron chi connectivity index (χ2n) is 5.99. The molecule has 2 N–H and O–H groups in total. The number of nitrogens with two attached hydrogens (primary N) is 1. The molecule has 0 amide bonds. The van der Waals surface area contributed by atoms with Crippen molar-refractivity contribution in [3.63, 3.8) is 0 Å². The predicted molar refractivity (Wildman–Crippen MR) is 58.8 cm³/mol. The molecule has 14 heavy (non-hydrogen) atoms. The van der Waals surface area contributed by atoms with Crippen LogP contribution in [0.2, 0.25) is 0 Å². The molecule has 0 saturated heterocycles. The van der Waals surface area contributed by atoms with Crippen molar-refractivity contribution in [2.24, 2.45) is 28.9 Å². The van der Waals surface area contributed by atoms with Crippen molar-refractivity contribution < 1.29 is 0 Å². The van der Waals surface area contributed by atoms with Crippen LogP contribution in [0.1, 0.15) is 38.5 Å². The van der Waals surface area contributed by atoms with Crippen LogP contribution in [-0.4, -0.2) is 6.04 Å². The number of rotatable bonds is 2. The van der Waals surface area contributed by atoms with Gasteiger partial charge in [0.2, 0.25) is 0 Å². The molecule has 4 aliphatic rings. The minimum Gasteiger partial charge on any atom is -0.327 e. The zero-order valence-corrected chi connectivity index (χ0v) is 8.91. The third-order valence-corrected chi connectivity index (χ3v) is 5.10. The topological polar surface area (TPSA) is 26.0 Å². The summed E-state index contributed by atoms with van der Waals surface area (Å²) in [5.74, 6) is 2.86. The van der Waals surface area contributed by atoms with Crippen LogP contribution in [0.3, 0.4) is 0 Å². The summed E-state index contributed by atoms with van der Waals surface area (Å²) in [5, 5.41) is 0. The molecular weight excluding hydrogens is 170 g/mol. The molecule has 1 heteroatoms. The zero-order valence-electron chi connectivity index (χ0n) is 8.91. The van der Waals surface area contributed by atoms with E-state index < -0.39 is 0 Å². The van der Waals surface area contributed by atoms with E-state index in [1.807, 2.05) is 0 Å². The van der Waals surface area contributed by atoms with Crippen LogP contribution in [0.15, 0.2) is 12.7 Å². The molecule has 78 valence electrons. The van der Waals surface area contributed by atoms with Gasteiger partial charge in [-0.05, 0) is 61.7 Å². The number of hydrogen-bond acceptors (Lipinski definition) is 1. The molecule has 0 aromatic carbocycles. The van der Waals surface area contributed by atoms with Gasteiger partial charge in [-0.2, -0.15) is 0 Å². The first-order valence-corrected chi connectivity index (χ1v) is 6.10. The Morgan fingerprint density at radius 1 is 1.21 bits per heavy atom. The monoisotopic (exact) mass is 191 g/mol.